The molecular weight excluding hydrogens is 174 g/mol. The predicted molar refractivity (Wildman–Crippen MR) is 54.3 cm³/mol. The Morgan fingerprint density at radius 2 is 2.36 bits per heavy atom. The Bertz CT molecular complexity index is 134. The van der Waals surface area contributed by atoms with Gasteiger partial charge in [0.2, 0.25) is 0 Å². The summed E-state index contributed by atoms with van der Waals surface area (Å²) in [6.07, 6.45) is 1.43. The summed E-state index contributed by atoms with van der Waals surface area (Å²) in [6, 6.07) is 0. The molecule has 11 heavy (non-hydrogen) atoms. The van der Waals surface area contributed by atoms with E-state index in [1.165, 1.54) is 24.5 Å². The molecule has 2 aliphatic rings. The Morgan fingerprint density at radius 1 is 1.45 bits per heavy atom. The fourth-order valence-electron chi connectivity index (χ4n) is 1.70. The van der Waals surface area contributed by atoms with Crippen molar-refractivity contribution in [3.05, 3.63) is 0 Å². The molecule has 2 rings (SSSR count). The van der Waals surface area contributed by atoms with E-state index < -0.39 is 0 Å². The normalized spacial score (nSPS) is 45.0. The molecule has 0 spiro atoms. The smallest absolute Gasteiger partial charge is 0.0572 e. The first-order chi connectivity index (χ1) is 5.36. The van der Waals surface area contributed by atoms with E-state index in [1.807, 2.05) is 0 Å². The number of thioether (sulfide) groups is 2. The molecule has 0 aromatic carbocycles. The molecule has 1 nitrogen and oxygen atoms in total. The summed E-state index contributed by atoms with van der Waals surface area (Å²) in [5.41, 5.74) is 0. The summed E-state index contributed by atoms with van der Waals surface area (Å²) in [5, 5.41) is 5.21. The van der Waals surface area contributed by atoms with Crippen LogP contribution < -0.4 is 5.32 Å². The monoisotopic (exact) mass is 189 g/mol. The van der Waals surface area contributed by atoms with Crippen molar-refractivity contribution in [3.8, 4) is 0 Å². The topological polar surface area (TPSA) is 12.0 Å². The Labute approximate surface area is 77.1 Å². The maximum absolute atomic E-state index is 3.60. The van der Waals surface area contributed by atoms with Gasteiger partial charge in [-0.25, -0.2) is 0 Å². The molecule has 0 amide bonds. The van der Waals surface area contributed by atoms with Crippen molar-refractivity contribution in [2.75, 3.05) is 18.1 Å². The summed E-state index contributed by atoms with van der Waals surface area (Å²) >= 11 is 4.26. The molecule has 0 aromatic rings. The Hall–Kier alpha value is 0.660. The van der Waals surface area contributed by atoms with Gasteiger partial charge < -0.3 is 5.32 Å². The van der Waals surface area contributed by atoms with Crippen LogP contribution in [-0.2, 0) is 0 Å². The zero-order valence-corrected chi connectivity index (χ0v) is 8.51. The van der Waals surface area contributed by atoms with Crippen LogP contribution in [0.3, 0.4) is 0 Å². The minimum atomic E-state index is 0.778. The van der Waals surface area contributed by atoms with Gasteiger partial charge in [0.15, 0.2) is 0 Å². The fraction of sp³-hybridized carbons (Fsp3) is 1.00. The molecule has 1 N–H and O–H groups in total. The molecule has 3 heteroatoms. The largest absolute Gasteiger partial charge is 0.304 e. The van der Waals surface area contributed by atoms with Crippen LogP contribution >= 0.6 is 23.5 Å². The number of hydrogen-bond donors (Lipinski definition) is 1. The second-order valence-corrected chi connectivity index (χ2v) is 6.13. The number of hydrogen-bond acceptors (Lipinski definition) is 3. The SMILES string of the molecule is CC1CNC(C2CCSC2)S1. The van der Waals surface area contributed by atoms with Crippen molar-refractivity contribution >= 4 is 23.5 Å². The third-order valence-corrected chi connectivity index (χ3v) is 5.04. The number of rotatable bonds is 1. The lowest BCUT2D eigenvalue weighted by atomic mass is 10.1. The lowest BCUT2D eigenvalue weighted by Crippen LogP contribution is -2.28. The lowest BCUT2D eigenvalue weighted by Gasteiger charge is -2.16. The molecule has 3 unspecified atom stereocenters. The first kappa shape index (κ1) is 8.27. The van der Waals surface area contributed by atoms with Crippen molar-refractivity contribution in [3.63, 3.8) is 0 Å². The third kappa shape index (κ3) is 1.87. The maximum atomic E-state index is 3.60. The summed E-state index contributed by atoms with van der Waals surface area (Å²) in [4.78, 5) is 0. The second kappa shape index (κ2) is 3.58. The van der Waals surface area contributed by atoms with E-state index in [0.717, 1.165) is 16.5 Å². The minimum Gasteiger partial charge on any atom is -0.304 e. The highest BCUT2D eigenvalue weighted by atomic mass is 32.2. The van der Waals surface area contributed by atoms with Crippen molar-refractivity contribution in [1.82, 2.24) is 5.32 Å². The molecular formula is C8H15NS2. The molecule has 2 fully saturated rings. The Balaban J connectivity index is 1.85. The van der Waals surface area contributed by atoms with Crippen LogP contribution in [0.25, 0.3) is 0 Å². The van der Waals surface area contributed by atoms with Crippen molar-refractivity contribution in [2.24, 2.45) is 5.92 Å². The van der Waals surface area contributed by atoms with Gasteiger partial charge in [0.25, 0.3) is 0 Å². The third-order valence-electron chi connectivity index (χ3n) is 2.38. The molecule has 0 saturated carbocycles. The van der Waals surface area contributed by atoms with E-state index in [1.54, 1.807) is 0 Å². The van der Waals surface area contributed by atoms with E-state index in [0.29, 0.717) is 0 Å². The van der Waals surface area contributed by atoms with Crippen LogP contribution in [0.2, 0.25) is 0 Å². The molecule has 0 aromatic heterocycles. The van der Waals surface area contributed by atoms with Crippen LogP contribution in [0.1, 0.15) is 13.3 Å². The van der Waals surface area contributed by atoms with Crippen LogP contribution in [0.5, 0.6) is 0 Å². The first-order valence-corrected chi connectivity index (χ1v) is 6.42. The Kier molecular flexibility index (Phi) is 2.69. The molecule has 64 valence electrons. The molecule has 0 bridgehead atoms. The maximum Gasteiger partial charge on any atom is 0.0572 e. The Morgan fingerprint density at radius 3 is 2.91 bits per heavy atom. The zero-order valence-electron chi connectivity index (χ0n) is 6.88. The molecule has 3 atom stereocenters. The minimum absolute atomic E-state index is 0.778. The van der Waals surface area contributed by atoms with Crippen LogP contribution in [0.15, 0.2) is 0 Å². The van der Waals surface area contributed by atoms with Gasteiger partial charge in [-0.1, -0.05) is 6.92 Å². The van der Waals surface area contributed by atoms with Crippen molar-refractivity contribution < 1.29 is 0 Å². The van der Waals surface area contributed by atoms with E-state index in [2.05, 4.69) is 35.8 Å². The highest BCUT2D eigenvalue weighted by Crippen LogP contribution is 2.35. The fourth-order valence-corrected chi connectivity index (χ4v) is 4.46. The van der Waals surface area contributed by atoms with Gasteiger partial charge in [-0.05, 0) is 23.8 Å². The standard InChI is InChI=1S/C8H15NS2/c1-6-4-9-8(11-6)7-2-3-10-5-7/h6-9H,2-5H2,1H3. The number of nitrogens with one attached hydrogen (secondary N) is 1. The lowest BCUT2D eigenvalue weighted by molar-refractivity contribution is 0.510. The van der Waals surface area contributed by atoms with E-state index >= 15 is 0 Å². The summed E-state index contributed by atoms with van der Waals surface area (Å²) in [7, 11) is 0. The first-order valence-electron chi connectivity index (χ1n) is 4.33. The van der Waals surface area contributed by atoms with Crippen molar-refractivity contribution in [1.29, 1.82) is 0 Å². The van der Waals surface area contributed by atoms with Gasteiger partial charge in [-0.15, -0.1) is 11.8 Å². The molecule has 2 saturated heterocycles. The van der Waals surface area contributed by atoms with E-state index in [4.69, 9.17) is 0 Å². The summed E-state index contributed by atoms with van der Waals surface area (Å²) in [5.74, 6) is 3.73. The van der Waals surface area contributed by atoms with Crippen LogP contribution in [0, 0.1) is 5.92 Å². The van der Waals surface area contributed by atoms with E-state index in [-0.39, 0.29) is 0 Å². The quantitative estimate of drug-likeness (QED) is 0.675. The molecule has 0 radical (unpaired) electrons. The molecule has 2 heterocycles. The zero-order chi connectivity index (χ0) is 7.68. The summed E-state index contributed by atoms with van der Waals surface area (Å²) < 4.78 is 0. The molecule has 0 aliphatic carbocycles. The highest BCUT2D eigenvalue weighted by Gasteiger charge is 2.30. The predicted octanol–water partition coefficient (Wildman–Crippen LogP) is 1.79. The van der Waals surface area contributed by atoms with Gasteiger partial charge in [0, 0.05) is 11.8 Å². The van der Waals surface area contributed by atoms with Gasteiger partial charge >= 0.3 is 0 Å². The van der Waals surface area contributed by atoms with Crippen LogP contribution in [-0.4, -0.2) is 28.7 Å². The molecule has 2 aliphatic heterocycles. The van der Waals surface area contributed by atoms with Crippen LogP contribution in [0.4, 0.5) is 0 Å². The summed E-state index contributed by atoms with van der Waals surface area (Å²) in [6.45, 7) is 3.54. The highest BCUT2D eigenvalue weighted by molar-refractivity contribution is 8.01. The van der Waals surface area contributed by atoms with Gasteiger partial charge in [0.1, 0.15) is 0 Å². The van der Waals surface area contributed by atoms with Gasteiger partial charge in [-0.3, -0.25) is 0 Å². The van der Waals surface area contributed by atoms with Gasteiger partial charge in [0.05, 0.1) is 5.37 Å². The van der Waals surface area contributed by atoms with Crippen molar-refractivity contribution in [2.45, 2.75) is 24.0 Å². The average Bonchev–Trinajstić information content (AvgIpc) is 2.55. The van der Waals surface area contributed by atoms with Gasteiger partial charge in [-0.2, -0.15) is 11.8 Å². The van der Waals surface area contributed by atoms with E-state index in [9.17, 15) is 0 Å². The average molecular weight is 189 g/mol. The second-order valence-electron chi connectivity index (χ2n) is 3.40.